The van der Waals surface area contributed by atoms with Crippen LogP contribution in [0.25, 0.3) is 0 Å². The average Bonchev–Trinajstić information content (AvgIpc) is 2.80. The van der Waals surface area contributed by atoms with Crippen molar-refractivity contribution >= 4 is 44.8 Å². The molecule has 0 aliphatic carbocycles. The fourth-order valence-electron chi connectivity index (χ4n) is 2.82. The van der Waals surface area contributed by atoms with Crippen LogP contribution in [0.3, 0.4) is 0 Å². The molecule has 0 aromatic heterocycles. The normalized spacial score (nSPS) is 10.9. The Bertz CT molecular complexity index is 1280. The van der Waals surface area contributed by atoms with E-state index in [9.17, 15) is 18.0 Å². The van der Waals surface area contributed by atoms with Crippen LogP contribution in [0.4, 0.5) is 11.4 Å². The first-order valence-electron chi connectivity index (χ1n) is 10.1. The van der Waals surface area contributed by atoms with Crippen molar-refractivity contribution in [3.63, 3.8) is 0 Å². The summed E-state index contributed by atoms with van der Waals surface area (Å²) in [6.07, 6.45) is 0. The number of carbonyl (C=O) groups is 2. The van der Waals surface area contributed by atoms with Gasteiger partial charge in [-0.15, -0.1) is 0 Å². The van der Waals surface area contributed by atoms with Gasteiger partial charge < -0.3 is 20.5 Å². The molecule has 0 radical (unpaired) electrons. The van der Waals surface area contributed by atoms with Crippen LogP contribution in [0.1, 0.15) is 17.3 Å². The highest BCUT2D eigenvalue weighted by Gasteiger charge is 2.17. The summed E-state index contributed by atoms with van der Waals surface area (Å²) in [6, 6.07) is 16.4. The monoisotopic (exact) mass is 503 g/mol. The van der Waals surface area contributed by atoms with Crippen molar-refractivity contribution in [2.45, 2.75) is 11.8 Å². The van der Waals surface area contributed by atoms with E-state index in [-0.39, 0.29) is 22.3 Å². The number of sulfonamides is 1. The summed E-state index contributed by atoms with van der Waals surface area (Å²) in [7, 11) is -3.90. The van der Waals surface area contributed by atoms with Crippen molar-refractivity contribution in [1.82, 2.24) is 0 Å². The number of halogens is 1. The zero-order valence-electron chi connectivity index (χ0n) is 18.1. The quantitative estimate of drug-likeness (QED) is 0.386. The number of amides is 2. The Morgan fingerprint density at radius 1 is 0.941 bits per heavy atom. The van der Waals surface area contributed by atoms with Gasteiger partial charge in [0.1, 0.15) is 11.5 Å². The highest BCUT2D eigenvalue weighted by atomic mass is 35.5. The molecule has 0 spiro atoms. The SMILES string of the molecule is CCOc1ccc(NS(=O)(=O)c2ccc(OCC(=O)Nc3ccc(C(N)=O)cc3)c(Cl)c2)cc1. The molecule has 0 aliphatic heterocycles. The molecule has 178 valence electrons. The fourth-order valence-corrected chi connectivity index (χ4v) is 4.21. The van der Waals surface area contributed by atoms with E-state index in [1.165, 1.54) is 42.5 Å². The third-order valence-corrected chi connectivity index (χ3v) is 6.12. The molecular formula is C23H22ClN3O6S. The average molecular weight is 504 g/mol. The predicted octanol–water partition coefficient (Wildman–Crippen LogP) is 3.66. The molecule has 3 aromatic carbocycles. The number of hydrogen-bond acceptors (Lipinski definition) is 6. The van der Waals surface area contributed by atoms with E-state index in [0.29, 0.717) is 29.3 Å². The number of anilines is 2. The molecule has 34 heavy (non-hydrogen) atoms. The maximum Gasteiger partial charge on any atom is 0.262 e. The Hall–Kier alpha value is -3.76. The molecule has 4 N–H and O–H groups in total. The van der Waals surface area contributed by atoms with E-state index in [1.54, 1.807) is 24.3 Å². The zero-order valence-corrected chi connectivity index (χ0v) is 19.7. The molecule has 3 rings (SSSR count). The van der Waals surface area contributed by atoms with E-state index in [0.717, 1.165) is 0 Å². The minimum atomic E-state index is -3.90. The van der Waals surface area contributed by atoms with Gasteiger partial charge in [0, 0.05) is 16.9 Å². The highest BCUT2D eigenvalue weighted by Crippen LogP contribution is 2.28. The molecule has 2 amide bonds. The molecule has 0 aliphatic rings. The standard InChI is InChI=1S/C23H22ClN3O6S/c1-2-32-18-9-7-17(8-10-18)27-34(30,31)19-11-12-21(20(24)13-19)33-14-22(28)26-16-5-3-15(4-6-16)23(25)29/h3-13,27H,2,14H2,1H3,(H2,25,29)(H,26,28). The van der Waals surface area contributed by atoms with Crippen molar-refractivity contribution in [3.8, 4) is 11.5 Å². The van der Waals surface area contributed by atoms with Crippen LogP contribution in [0, 0.1) is 0 Å². The van der Waals surface area contributed by atoms with Crippen LogP contribution >= 0.6 is 11.6 Å². The van der Waals surface area contributed by atoms with Gasteiger partial charge in [0.25, 0.3) is 15.9 Å². The van der Waals surface area contributed by atoms with Gasteiger partial charge >= 0.3 is 0 Å². The molecule has 0 unspecified atom stereocenters. The number of carbonyl (C=O) groups excluding carboxylic acids is 2. The number of nitrogens with one attached hydrogen (secondary N) is 2. The van der Waals surface area contributed by atoms with E-state index < -0.39 is 21.8 Å². The first kappa shape index (κ1) is 24.9. The van der Waals surface area contributed by atoms with Crippen LogP contribution in [0.15, 0.2) is 71.6 Å². The number of ether oxygens (including phenoxy) is 2. The molecule has 11 heteroatoms. The van der Waals surface area contributed by atoms with Gasteiger partial charge in [0.05, 0.1) is 16.5 Å². The second kappa shape index (κ2) is 10.9. The third-order valence-electron chi connectivity index (χ3n) is 4.44. The van der Waals surface area contributed by atoms with Crippen molar-refractivity contribution in [1.29, 1.82) is 0 Å². The largest absolute Gasteiger partial charge is 0.494 e. The zero-order chi connectivity index (χ0) is 24.7. The highest BCUT2D eigenvalue weighted by molar-refractivity contribution is 7.92. The molecule has 0 atom stereocenters. The molecule has 0 bridgehead atoms. The molecule has 0 saturated carbocycles. The molecule has 0 saturated heterocycles. The van der Waals surface area contributed by atoms with Crippen molar-refractivity contribution in [2.24, 2.45) is 5.73 Å². The van der Waals surface area contributed by atoms with Gasteiger partial charge in [-0.25, -0.2) is 8.42 Å². The smallest absolute Gasteiger partial charge is 0.262 e. The summed E-state index contributed by atoms with van der Waals surface area (Å²) in [4.78, 5) is 23.1. The molecule has 3 aromatic rings. The van der Waals surface area contributed by atoms with Crippen LogP contribution < -0.4 is 25.2 Å². The molecule has 0 heterocycles. The van der Waals surface area contributed by atoms with Gasteiger partial charge in [-0.3, -0.25) is 14.3 Å². The molecule has 9 nitrogen and oxygen atoms in total. The lowest BCUT2D eigenvalue weighted by Gasteiger charge is -2.12. The van der Waals surface area contributed by atoms with Gasteiger partial charge in [0.15, 0.2) is 6.61 Å². The van der Waals surface area contributed by atoms with Crippen molar-refractivity contribution in [3.05, 3.63) is 77.3 Å². The number of hydrogen-bond donors (Lipinski definition) is 3. The summed E-state index contributed by atoms with van der Waals surface area (Å²) in [5.41, 5.74) is 6.30. The lowest BCUT2D eigenvalue weighted by Crippen LogP contribution is -2.20. The fraction of sp³-hybridized carbons (Fsp3) is 0.130. The van der Waals surface area contributed by atoms with Crippen molar-refractivity contribution < 1.29 is 27.5 Å². The summed E-state index contributed by atoms with van der Waals surface area (Å²) in [6.45, 7) is 1.99. The Kier molecular flexibility index (Phi) is 7.98. The second-order valence-corrected chi connectivity index (χ2v) is 9.02. The number of primary amides is 1. The first-order chi connectivity index (χ1) is 16.2. The molecule has 0 fully saturated rings. The predicted molar refractivity (Wildman–Crippen MR) is 129 cm³/mol. The Labute approximate surface area is 201 Å². The van der Waals surface area contributed by atoms with Gasteiger partial charge in [-0.05, 0) is 73.7 Å². The lowest BCUT2D eigenvalue weighted by molar-refractivity contribution is -0.118. The summed E-state index contributed by atoms with van der Waals surface area (Å²) >= 11 is 6.18. The van der Waals surface area contributed by atoms with E-state index >= 15 is 0 Å². The maximum absolute atomic E-state index is 12.7. The Balaban J connectivity index is 1.60. The number of rotatable bonds is 10. The van der Waals surface area contributed by atoms with Gasteiger partial charge in [-0.1, -0.05) is 11.6 Å². The minimum absolute atomic E-state index is 0.0215. The van der Waals surface area contributed by atoms with E-state index in [1.807, 2.05) is 6.92 Å². The van der Waals surface area contributed by atoms with Crippen LogP contribution in [0.2, 0.25) is 5.02 Å². The minimum Gasteiger partial charge on any atom is -0.494 e. The second-order valence-electron chi connectivity index (χ2n) is 6.93. The van der Waals surface area contributed by atoms with E-state index in [2.05, 4.69) is 10.0 Å². The Morgan fingerprint density at radius 3 is 2.18 bits per heavy atom. The van der Waals surface area contributed by atoms with Crippen molar-refractivity contribution in [2.75, 3.05) is 23.3 Å². The first-order valence-corrected chi connectivity index (χ1v) is 11.9. The summed E-state index contributed by atoms with van der Waals surface area (Å²) in [5.74, 6) is -0.282. The lowest BCUT2D eigenvalue weighted by atomic mass is 10.2. The summed E-state index contributed by atoms with van der Waals surface area (Å²) in [5, 5.41) is 2.62. The van der Waals surface area contributed by atoms with Gasteiger partial charge in [-0.2, -0.15) is 0 Å². The summed E-state index contributed by atoms with van der Waals surface area (Å²) < 4.78 is 38.6. The maximum atomic E-state index is 12.7. The number of nitrogens with two attached hydrogens (primary N) is 1. The van der Waals surface area contributed by atoms with Crippen LogP contribution in [-0.4, -0.2) is 33.4 Å². The van der Waals surface area contributed by atoms with Crippen LogP contribution in [0.5, 0.6) is 11.5 Å². The van der Waals surface area contributed by atoms with Gasteiger partial charge in [0.2, 0.25) is 5.91 Å². The Morgan fingerprint density at radius 2 is 1.59 bits per heavy atom. The topological polar surface area (TPSA) is 137 Å². The third kappa shape index (κ3) is 6.63. The number of benzene rings is 3. The molecular weight excluding hydrogens is 482 g/mol. The van der Waals surface area contributed by atoms with E-state index in [4.69, 9.17) is 26.8 Å². The van der Waals surface area contributed by atoms with Crippen LogP contribution in [-0.2, 0) is 14.8 Å².